The Morgan fingerprint density at radius 3 is 2.35 bits per heavy atom. The number of ether oxygens (including phenoxy) is 2. The van der Waals surface area contributed by atoms with Crippen LogP contribution in [0.3, 0.4) is 0 Å². The van der Waals surface area contributed by atoms with Crippen molar-refractivity contribution in [2.24, 2.45) is 10.9 Å². The standard InChI is InChI=1S/C14H19NO5/c1-3-19-13(17)12(14(18)20-4-2)9-15-10-6-5-7-11(16)8-10/h8-9,12H,3-7H2,1-2H3. The van der Waals surface area contributed by atoms with Crippen LogP contribution in [0.5, 0.6) is 0 Å². The first-order valence-electron chi connectivity index (χ1n) is 6.69. The molecule has 0 spiro atoms. The molecule has 0 radical (unpaired) electrons. The molecule has 0 saturated carbocycles. The van der Waals surface area contributed by atoms with Gasteiger partial charge >= 0.3 is 11.9 Å². The number of ketones is 1. The minimum atomic E-state index is -1.19. The molecule has 0 fully saturated rings. The van der Waals surface area contributed by atoms with Crippen molar-refractivity contribution in [3.63, 3.8) is 0 Å². The smallest absolute Gasteiger partial charge is 0.325 e. The molecule has 0 N–H and O–H groups in total. The van der Waals surface area contributed by atoms with Gasteiger partial charge in [0.1, 0.15) is 0 Å². The highest BCUT2D eigenvalue weighted by Crippen LogP contribution is 2.16. The van der Waals surface area contributed by atoms with Gasteiger partial charge in [0.2, 0.25) is 0 Å². The SMILES string of the molecule is CCOC(=O)C(C=NC1=CC(=O)CCC1)C(=O)OCC. The minimum Gasteiger partial charge on any atom is -0.465 e. The summed E-state index contributed by atoms with van der Waals surface area (Å²) < 4.78 is 9.63. The predicted molar refractivity (Wildman–Crippen MR) is 72.2 cm³/mol. The van der Waals surface area contributed by atoms with Crippen molar-refractivity contribution >= 4 is 23.9 Å². The van der Waals surface area contributed by atoms with E-state index in [1.807, 2.05) is 0 Å². The van der Waals surface area contributed by atoms with E-state index in [1.165, 1.54) is 12.3 Å². The van der Waals surface area contributed by atoms with Gasteiger partial charge in [0, 0.05) is 24.4 Å². The summed E-state index contributed by atoms with van der Waals surface area (Å²) >= 11 is 0. The van der Waals surface area contributed by atoms with Gasteiger partial charge in [-0.1, -0.05) is 0 Å². The lowest BCUT2D eigenvalue weighted by Gasteiger charge is -2.11. The molecule has 0 aromatic carbocycles. The largest absolute Gasteiger partial charge is 0.465 e. The van der Waals surface area contributed by atoms with Crippen LogP contribution >= 0.6 is 0 Å². The van der Waals surface area contributed by atoms with Crippen molar-refractivity contribution in [2.75, 3.05) is 13.2 Å². The number of carbonyl (C=O) groups is 3. The second-order valence-electron chi connectivity index (χ2n) is 4.22. The number of aliphatic imine (C=N–C) groups is 1. The molecule has 20 heavy (non-hydrogen) atoms. The van der Waals surface area contributed by atoms with E-state index in [1.54, 1.807) is 13.8 Å². The fraction of sp³-hybridized carbons (Fsp3) is 0.571. The number of hydrogen-bond donors (Lipinski definition) is 0. The van der Waals surface area contributed by atoms with Gasteiger partial charge in [-0.3, -0.25) is 19.4 Å². The van der Waals surface area contributed by atoms with Crippen LogP contribution in [0.15, 0.2) is 16.8 Å². The van der Waals surface area contributed by atoms with Crippen molar-refractivity contribution in [3.8, 4) is 0 Å². The highest BCUT2D eigenvalue weighted by atomic mass is 16.6. The van der Waals surface area contributed by atoms with Crippen LogP contribution in [0.25, 0.3) is 0 Å². The maximum Gasteiger partial charge on any atom is 0.325 e. The molecule has 0 aromatic rings. The van der Waals surface area contributed by atoms with Gasteiger partial charge in [-0.15, -0.1) is 0 Å². The van der Waals surface area contributed by atoms with Gasteiger partial charge in [-0.25, -0.2) is 0 Å². The van der Waals surface area contributed by atoms with Crippen molar-refractivity contribution in [1.29, 1.82) is 0 Å². The van der Waals surface area contributed by atoms with Crippen molar-refractivity contribution < 1.29 is 23.9 Å². The Morgan fingerprint density at radius 2 is 1.85 bits per heavy atom. The lowest BCUT2D eigenvalue weighted by Crippen LogP contribution is -2.29. The number of carbonyl (C=O) groups excluding carboxylic acids is 3. The van der Waals surface area contributed by atoms with Gasteiger partial charge in [0.25, 0.3) is 0 Å². The molecule has 0 saturated heterocycles. The zero-order chi connectivity index (χ0) is 15.0. The monoisotopic (exact) mass is 281 g/mol. The lowest BCUT2D eigenvalue weighted by atomic mass is 10.0. The Balaban J connectivity index is 2.80. The van der Waals surface area contributed by atoms with Crippen LogP contribution in [0.2, 0.25) is 0 Å². The third-order valence-electron chi connectivity index (χ3n) is 2.65. The fourth-order valence-corrected chi connectivity index (χ4v) is 1.73. The molecular formula is C14H19NO5. The quantitative estimate of drug-likeness (QED) is 0.418. The molecule has 0 amide bonds. The third kappa shape index (κ3) is 4.95. The molecule has 0 heterocycles. The van der Waals surface area contributed by atoms with Gasteiger partial charge in [0.05, 0.1) is 13.2 Å². The molecule has 0 unspecified atom stereocenters. The Labute approximate surface area is 117 Å². The Kier molecular flexibility index (Phi) is 6.63. The molecule has 6 nitrogen and oxygen atoms in total. The van der Waals surface area contributed by atoms with Crippen LogP contribution in [-0.2, 0) is 23.9 Å². The van der Waals surface area contributed by atoms with Crippen LogP contribution in [0.4, 0.5) is 0 Å². The summed E-state index contributed by atoms with van der Waals surface area (Å²) in [7, 11) is 0. The topological polar surface area (TPSA) is 82.0 Å². The number of nitrogens with zero attached hydrogens (tertiary/aromatic N) is 1. The molecule has 1 aliphatic rings. The zero-order valence-electron chi connectivity index (χ0n) is 11.8. The molecule has 0 aromatic heterocycles. The van der Waals surface area contributed by atoms with E-state index in [0.29, 0.717) is 18.5 Å². The Bertz CT molecular complexity index is 421. The fourth-order valence-electron chi connectivity index (χ4n) is 1.73. The van der Waals surface area contributed by atoms with Gasteiger partial charge in [-0.05, 0) is 26.7 Å². The molecule has 0 aliphatic heterocycles. The number of hydrogen-bond acceptors (Lipinski definition) is 6. The van der Waals surface area contributed by atoms with Crippen LogP contribution in [-0.4, -0.2) is 37.2 Å². The summed E-state index contributed by atoms with van der Waals surface area (Å²) in [5.41, 5.74) is 0.569. The van der Waals surface area contributed by atoms with E-state index < -0.39 is 17.9 Å². The first kappa shape index (κ1) is 16.1. The third-order valence-corrected chi connectivity index (χ3v) is 2.65. The summed E-state index contributed by atoms with van der Waals surface area (Å²) in [5, 5.41) is 0. The average Bonchev–Trinajstić information content (AvgIpc) is 2.39. The number of rotatable bonds is 6. The molecule has 1 rings (SSSR count). The highest BCUT2D eigenvalue weighted by molar-refractivity contribution is 6.09. The van der Waals surface area contributed by atoms with Crippen LogP contribution in [0.1, 0.15) is 33.1 Å². The number of allylic oxidation sites excluding steroid dienone is 2. The first-order chi connectivity index (χ1) is 9.58. The van der Waals surface area contributed by atoms with Crippen molar-refractivity contribution in [3.05, 3.63) is 11.8 Å². The second kappa shape index (κ2) is 8.24. The maximum absolute atomic E-state index is 11.7. The molecular weight excluding hydrogens is 262 g/mol. The molecule has 1 aliphatic carbocycles. The van der Waals surface area contributed by atoms with E-state index in [2.05, 4.69) is 4.99 Å². The van der Waals surface area contributed by atoms with E-state index in [0.717, 1.165) is 6.42 Å². The summed E-state index contributed by atoms with van der Waals surface area (Å²) in [6.07, 6.45) is 4.53. The molecule has 0 bridgehead atoms. The Morgan fingerprint density at radius 1 is 1.25 bits per heavy atom. The molecule has 0 atom stereocenters. The second-order valence-corrected chi connectivity index (χ2v) is 4.22. The van der Waals surface area contributed by atoms with Crippen molar-refractivity contribution in [2.45, 2.75) is 33.1 Å². The predicted octanol–water partition coefficient (Wildman–Crippen LogP) is 1.44. The van der Waals surface area contributed by atoms with Gasteiger partial charge in [0.15, 0.2) is 11.7 Å². The molecule has 110 valence electrons. The zero-order valence-corrected chi connectivity index (χ0v) is 11.8. The van der Waals surface area contributed by atoms with E-state index >= 15 is 0 Å². The normalized spacial score (nSPS) is 15.3. The highest BCUT2D eigenvalue weighted by Gasteiger charge is 2.27. The summed E-state index contributed by atoms with van der Waals surface area (Å²) in [4.78, 5) is 38.7. The van der Waals surface area contributed by atoms with E-state index in [-0.39, 0.29) is 19.0 Å². The van der Waals surface area contributed by atoms with E-state index in [4.69, 9.17) is 9.47 Å². The lowest BCUT2D eigenvalue weighted by molar-refractivity contribution is -0.157. The minimum absolute atomic E-state index is 0.00668. The summed E-state index contributed by atoms with van der Waals surface area (Å²) in [6, 6.07) is 0. The van der Waals surface area contributed by atoms with Gasteiger partial charge < -0.3 is 9.47 Å². The van der Waals surface area contributed by atoms with Crippen molar-refractivity contribution in [1.82, 2.24) is 0 Å². The Hall–Kier alpha value is -1.98. The summed E-state index contributed by atoms with van der Waals surface area (Å²) in [6.45, 7) is 3.65. The average molecular weight is 281 g/mol. The van der Waals surface area contributed by atoms with Crippen LogP contribution < -0.4 is 0 Å². The first-order valence-corrected chi connectivity index (χ1v) is 6.69. The molecule has 6 heteroatoms. The summed E-state index contributed by atoms with van der Waals surface area (Å²) in [5.74, 6) is -2.57. The van der Waals surface area contributed by atoms with E-state index in [9.17, 15) is 14.4 Å². The number of esters is 2. The maximum atomic E-state index is 11.7. The van der Waals surface area contributed by atoms with Gasteiger partial charge in [-0.2, -0.15) is 0 Å². The van der Waals surface area contributed by atoms with Crippen LogP contribution in [0, 0.1) is 5.92 Å².